The molecule has 0 spiro atoms. The molecule has 3 rings (SSSR count). The summed E-state index contributed by atoms with van der Waals surface area (Å²) in [6, 6.07) is 17.8. The predicted molar refractivity (Wildman–Crippen MR) is 105 cm³/mol. The van der Waals surface area contributed by atoms with Gasteiger partial charge in [-0.15, -0.1) is 0 Å². The molecule has 7 heteroatoms. The van der Waals surface area contributed by atoms with Crippen LogP contribution in [0.15, 0.2) is 69.8 Å². The Morgan fingerprint density at radius 2 is 1.59 bits per heavy atom. The molecule has 0 aliphatic carbocycles. The summed E-state index contributed by atoms with van der Waals surface area (Å²) in [5.74, 6) is 0.726. The first-order chi connectivity index (χ1) is 13.0. The van der Waals surface area contributed by atoms with Crippen LogP contribution in [0.3, 0.4) is 0 Å². The zero-order chi connectivity index (χ0) is 19.2. The maximum atomic E-state index is 12.0. The summed E-state index contributed by atoms with van der Waals surface area (Å²) in [4.78, 5) is 23.8. The third kappa shape index (κ3) is 5.46. The maximum absolute atomic E-state index is 12.0. The van der Waals surface area contributed by atoms with Crippen molar-refractivity contribution >= 4 is 33.4 Å². The lowest BCUT2D eigenvalue weighted by Crippen LogP contribution is -2.32. The van der Waals surface area contributed by atoms with Crippen LogP contribution in [0.1, 0.15) is 16.1 Å². The minimum Gasteiger partial charge on any atom is -0.457 e. The molecule has 0 saturated heterocycles. The summed E-state index contributed by atoms with van der Waals surface area (Å²) >= 11 is 3.12. The molecule has 1 aromatic heterocycles. The van der Waals surface area contributed by atoms with Crippen molar-refractivity contribution < 1.29 is 18.7 Å². The molecule has 2 aromatic carbocycles. The number of aryl methyl sites for hydroxylation is 1. The first kappa shape index (κ1) is 18.7. The van der Waals surface area contributed by atoms with Crippen LogP contribution in [-0.2, 0) is 4.79 Å². The lowest BCUT2D eigenvalue weighted by Gasteiger charge is -2.09. The fourth-order valence-corrected chi connectivity index (χ4v) is 2.54. The molecule has 138 valence electrons. The Kier molecular flexibility index (Phi) is 5.93. The second-order valence-corrected chi connectivity index (χ2v) is 6.56. The van der Waals surface area contributed by atoms with Crippen molar-refractivity contribution in [3.05, 3.63) is 76.7 Å². The van der Waals surface area contributed by atoms with E-state index in [2.05, 4.69) is 26.6 Å². The van der Waals surface area contributed by atoms with E-state index in [4.69, 9.17) is 9.15 Å². The van der Waals surface area contributed by atoms with E-state index in [1.807, 2.05) is 31.2 Å². The Morgan fingerprint density at radius 1 is 0.963 bits per heavy atom. The van der Waals surface area contributed by atoms with Crippen LogP contribution in [-0.4, -0.2) is 18.4 Å². The van der Waals surface area contributed by atoms with Gasteiger partial charge < -0.3 is 19.8 Å². The highest BCUT2D eigenvalue weighted by Gasteiger charge is 2.12. The lowest BCUT2D eigenvalue weighted by molar-refractivity contribution is -0.115. The molecular formula is C20H17BrN2O4. The molecule has 3 aromatic rings. The van der Waals surface area contributed by atoms with Crippen LogP contribution in [0.25, 0.3) is 0 Å². The fourth-order valence-electron chi connectivity index (χ4n) is 2.24. The Labute approximate surface area is 164 Å². The van der Waals surface area contributed by atoms with Gasteiger partial charge in [0, 0.05) is 5.69 Å². The normalized spacial score (nSPS) is 10.3. The standard InChI is InChI=1S/C20H17BrN2O4/c1-13-2-6-15(7-3-13)26-16-8-4-14(5-9-16)23-19(24)12-22-20(25)17-10-11-18(21)27-17/h2-11H,12H2,1H3,(H,22,25)(H,23,24). The zero-order valence-electron chi connectivity index (χ0n) is 14.5. The van der Waals surface area contributed by atoms with Crippen molar-refractivity contribution in [3.63, 3.8) is 0 Å². The van der Waals surface area contributed by atoms with Crippen LogP contribution in [0.4, 0.5) is 5.69 Å². The van der Waals surface area contributed by atoms with E-state index >= 15 is 0 Å². The van der Waals surface area contributed by atoms with Crippen molar-refractivity contribution in [2.45, 2.75) is 6.92 Å². The Hall–Kier alpha value is -3.06. The number of benzene rings is 2. The molecule has 0 fully saturated rings. The van der Waals surface area contributed by atoms with Crippen LogP contribution in [0, 0.1) is 6.92 Å². The van der Waals surface area contributed by atoms with Crippen molar-refractivity contribution in [2.75, 3.05) is 11.9 Å². The molecule has 0 aliphatic heterocycles. The maximum Gasteiger partial charge on any atom is 0.287 e. The topological polar surface area (TPSA) is 80.6 Å². The van der Waals surface area contributed by atoms with Crippen LogP contribution in [0.5, 0.6) is 11.5 Å². The van der Waals surface area contributed by atoms with Gasteiger partial charge in [-0.3, -0.25) is 9.59 Å². The number of hydrogen-bond acceptors (Lipinski definition) is 4. The molecule has 0 saturated carbocycles. The van der Waals surface area contributed by atoms with Crippen molar-refractivity contribution in [2.24, 2.45) is 0 Å². The average molecular weight is 429 g/mol. The van der Waals surface area contributed by atoms with Gasteiger partial charge in [0.1, 0.15) is 11.5 Å². The highest BCUT2D eigenvalue weighted by atomic mass is 79.9. The number of carbonyl (C=O) groups excluding carboxylic acids is 2. The van der Waals surface area contributed by atoms with Crippen LogP contribution < -0.4 is 15.4 Å². The average Bonchev–Trinajstić information content (AvgIpc) is 3.10. The number of hydrogen-bond donors (Lipinski definition) is 2. The number of furan rings is 1. The Balaban J connectivity index is 1.49. The highest BCUT2D eigenvalue weighted by Crippen LogP contribution is 2.23. The number of rotatable bonds is 6. The SMILES string of the molecule is Cc1ccc(Oc2ccc(NC(=O)CNC(=O)c3ccc(Br)o3)cc2)cc1. The van der Waals surface area contributed by atoms with E-state index in [-0.39, 0.29) is 18.2 Å². The van der Waals surface area contributed by atoms with Crippen LogP contribution in [0.2, 0.25) is 0 Å². The molecule has 2 N–H and O–H groups in total. The van der Waals surface area contributed by atoms with Crippen molar-refractivity contribution in [1.82, 2.24) is 5.32 Å². The van der Waals surface area contributed by atoms with E-state index < -0.39 is 5.91 Å². The van der Waals surface area contributed by atoms with Gasteiger partial charge in [0.15, 0.2) is 10.4 Å². The lowest BCUT2D eigenvalue weighted by atomic mass is 10.2. The van der Waals surface area contributed by atoms with Gasteiger partial charge in [0.2, 0.25) is 5.91 Å². The number of halogens is 1. The molecule has 0 unspecified atom stereocenters. The predicted octanol–water partition coefficient (Wildman–Crippen LogP) is 4.51. The van der Waals surface area contributed by atoms with Gasteiger partial charge >= 0.3 is 0 Å². The third-order valence-corrected chi connectivity index (χ3v) is 4.03. The highest BCUT2D eigenvalue weighted by molar-refractivity contribution is 9.10. The molecular weight excluding hydrogens is 412 g/mol. The number of anilines is 1. The summed E-state index contributed by atoms with van der Waals surface area (Å²) in [6.45, 7) is 1.84. The third-order valence-electron chi connectivity index (χ3n) is 3.60. The summed E-state index contributed by atoms with van der Waals surface area (Å²) in [7, 11) is 0. The van der Waals surface area contributed by atoms with Gasteiger partial charge in [0.05, 0.1) is 6.54 Å². The van der Waals surface area contributed by atoms with Gasteiger partial charge in [-0.1, -0.05) is 17.7 Å². The number of nitrogens with one attached hydrogen (secondary N) is 2. The monoisotopic (exact) mass is 428 g/mol. The second-order valence-electron chi connectivity index (χ2n) is 5.77. The number of amides is 2. The molecule has 27 heavy (non-hydrogen) atoms. The second kappa shape index (κ2) is 8.55. The summed E-state index contributed by atoms with van der Waals surface area (Å²) in [5.41, 5.74) is 1.76. The van der Waals surface area contributed by atoms with Gasteiger partial charge in [0.25, 0.3) is 5.91 Å². The molecule has 6 nitrogen and oxygen atoms in total. The van der Waals surface area contributed by atoms with E-state index in [1.54, 1.807) is 30.3 Å². The molecule has 0 radical (unpaired) electrons. The zero-order valence-corrected chi connectivity index (χ0v) is 16.1. The molecule has 1 heterocycles. The fraction of sp³-hybridized carbons (Fsp3) is 0.100. The van der Waals surface area contributed by atoms with Crippen molar-refractivity contribution in [1.29, 1.82) is 0 Å². The first-order valence-electron chi connectivity index (χ1n) is 8.17. The van der Waals surface area contributed by atoms with Gasteiger partial charge in [-0.2, -0.15) is 0 Å². The Morgan fingerprint density at radius 3 is 2.19 bits per heavy atom. The number of carbonyl (C=O) groups is 2. The van der Waals surface area contributed by atoms with E-state index in [0.717, 1.165) is 11.3 Å². The van der Waals surface area contributed by atoms with E-state index in [9.17, 15) is 9.59 Å². The molecule has 2 amide bonds. The summed E-state index contributed by atoms with van der Waals surface area (Å²) in [6.07, 6.45) is 0. The minimum absolute atomic E-state index is 0.132. The molecule has 0 aliphatic rings. The quantitative estimate of drug-likeness (QED) is 0.604. The first-order valence-corrected chi connectivity index (χ1v) is 8.97. The molecule has 0 atom stereocenters. The van der Waals surface area contributed by atoms with E-state index in [1.165, 1.54) is 6.07 Å². The smallest absolute Gasteiger partial charge is 0.287 e. The van der Waals surface area contributed by atoms with E-state index in [0.29, 0.717) is 16.1 Å². The summed E-state index contributed by atoms with van der Waals surface area (Å²) in [5, 5.41) is 5.19. The number of ether oxygens (including phenoxy) is 1. The molecule has 0 bridgehead atoms. The minimum atomic E-state index is -0.460. The van der Waals surface area contributed by atoms with Crippen molar-refractivity contribution in [3.8, 4) is 11.5 Å². The van der Waals surface area contributed by atoms with Gasteiger partial charge in [-0.05, 0) is 71.4 Å². The van der Waals surface area contributed by atoms with Gasteiger partial charge in [-0.25, -0.2) is 0 Å². The largest absolute Gasteiger partial charge is 0.457 e. The Bertz CT molecular complexity index is 933. The summed E-state index contributed by atoms with van der Waals surface area (Å²) < 4.78 is 11.3. The van der Waals surface area contributed by atoms with Crippen LogP contribution >= 0.6 is 15.9 Å².